The van der Waals surface area contributed by atoms with Crippen molar-refractivity contribution in [2.45, 2.75) is 35.3 Å². The summed E-state index contributed by atoms with van der Waals surface area (Å²) in [5.74, 6) is -1.15. The van der Waals surface area contributed by atoms with Crippen molar-refractivity contribution in [1.29, 1.82) is 0 Å². The van der Waals surface area contributed by atoms with Crippen LogP contribution in [0.2, 0.25) is 0 Å². The normalized spacial score (nSPS) is 26.6. The van der Waals surface area contributed by atoms with Gasteiger partial charge in [-0.25, -0.2) is 0 Å². The van der Waals surface area contributed by atoms with Gasteiger partial charge in [-0.2, -0.15) is 0 Å². The molecule has 2 aliphatic rings. The molecule has 0 bridgehead atoms. The zero-order valence-corrected chi connectivity index (χ0v) is 15.8. The van der Waals surface area contributed by atoms with E-state index in [9.17, 15) is 19.5 Å². The first-order valence-electron chi connectivity index (χ1n) is 8.22. The van der Waals surface area contributed by atoms with E-state index in [1.165, 1.54) is 4.90 Å². The quantitative estimate of drug-likeness (QED) is 0.337. The van der Waals surface area contributed by atoms with E-state index in [4.69, 9.17) is 0 Å². The van der Waals surface area contributed by atoms with E-state index in [0.29, 0.717) is 19.3 Å². The molecule has 2 aliphatic heterocycles. The molecule has 25 heavy (non-hydrogen) atoms. The molecule has 0 spiro atoms. The number of amides is 1. The number of alkyl halides is 1. The minimum absolute atomic E-state index is 0.104. The molecule has 1 N–H and O–H groups in total. The van der Waals surface area contributed by atoms with Crippen LogP contribution in [0.1, 0.15) is 18.4 Å². The Morgan fingerprint density at radius 1 is 1.28 bits per heavy atom. The van der Waals surface area contributed by atoms with Crippen molar-refractivity contribution in [3.8, 4) is 0 Å². The van der Waals surface area contributed by atoms with Gasteiger partial charge >= 0.3 is 155 Å². The monoisotopic (exact) mass is 453 g/mol. The van der Waals surface area contributed by atoms with Gasteiger partial charge in [-0.1, -0.05) is 0 Å². The molecule has 0 unspecified atom stereocenters. The first-order valence-corrected chi connectivity index (χ1v) is 10.5. The molecule has 0 aliphatic carbocycles. The molecular formula is C18H18IN2O4-. The van der Waals surface area contributed by atoms with E-state index in [1.807, 2.05) is 42.1 Å². The van der Waals surface area contributed by atoms with Gasteiger partial charge in [0, 0.05) is 0 Å². The van der Waals surface area contributed by atoms with Crippen molar-refractivity contribution >= 4 is 26.6 Å². The molecule has 4 rings (SSSR count). The Bertz CT molecular complexity index is 884. The third-order valence-corrected chi connectivity index (χ3v) is 8.13. The third kappa shape index (κ3) is 2.65. The van der Waals surface area contributed by atoms with E-state index in [2.05, 4.69) is 0 Å². The molecule has 2 saturated heterocycles. The fraction of sp³-hybridized carbons (Fsp3) is 0.389. The SMILES string of the molecule is Cn1cc(C[C@H]2[I-]C(=O)[C@H]3CC[C@H](C(=O)O)N3C2=O)c2ccccc21. The number of aryl methyl sites for hydroxylation is 1. The summed E-state index contributed by atoms with van der Waals surface area (Å²) in [6.07, 6.45) is 3.39. The Morgan fingerprint density at radius 3 is 2.80 bits per heavy atom. The molecule has 2 fully saturated rings. The summed E-state index contributed by atoms with van der Waals surface area (Å²) >= 11 is -0.933. The maximum atomic E-state index is 12.9. The number of carboxylic acid groups (broad SMARTS) is 1. The number of carbonyl (C=O) groups excluding carboxylic acids is 2. The Morgan fingerprint density at radius 2 is 2.04 bits per heavy atom. The van der Waals surface area contributed by atoms with Crippen LogP contribution < -0.4 is 21.2 Å². The number of aliphatic carboxylic acids is 1. The predicted octanol–water partition coefficient (Wildman–Crippen LogP) is -1.84. The van der Waals surface area contributed by atoms with Crippen LogP contribution in [0.5, 0.6) is 0 Å². The van der Waals surface area contributed by atoms with Gasteiger partial charge in [0.25, 0.3) is 0 Å². The average molecular weight is 453 g/mol. The van der Waals surface area contributed by atoms with Crippen molar-refractivity contribution in [3.05, 3.63) is 36.0 Å². The Kier molecular flexibility index (Phi) is 4.05. The first-order chi connectivity index (χ1) is 12.0. The number of benzene rings is 1. The van der Waals surface area contributed by atoms with Crippen LogP contribution >= 0.6 is 0 Å². The molecule has 3 atom stereocenters. The molecule has 6 nitrogen and oxygen atoms in total. The zero-order chi connectivity index (χ0) is 17.7. The molecule has 1 aromatic heterocycles. The van der Waals surface area contributed by atoms with E-state index in [1.54, 1.807) is 0 Å². The number of para-hydroxylation sites is 1. The van der Waals surface area contributed by atoms with Gasteiger partial charge in [0.15, 0.2) is 0 Å². The molecule has 0 radical (unpaired) electrons. The topological polar surface area (TPSA) is 79.6 Å². The molecule has 1 aromatic carbocycles. The molecule has 3 heterocycles. The van der Waals surface area contributed by atoms with Gasteiger partial charge in [-0.3, -0.25) is 0 Å². The number of aromatic nitrogens is 1. The summed E-state index contributed by atoms with van der Waals surface area (Å²) in [5, 5.41) is 10.5. The predicted molar refractivity (Wildman–Crippen MR) is 86.7 cm³/mol. The van der Waals surface area contributed by atoms with Crippen molar-refractivity contribution in [2.24, 2.45) is 7.05 Å². The van der Waals surface area contributed by atoms with Gasteiger partial charge < -0.3 is 0 Å². The van der Waals surface area contributed by atoms with E-state index >= 15 is 0 Å². The van der Waals surface area contributed by atoms with Gasteiger partial charge in [0.2, 0.25) is 0 Å². The summed E-state index contributed by atoms with van der Waals surface area (Å²) in [4.78, 5) is 38.3. The third-order valence-electron chi connectivity index (χ3n) is 5.07. The van der Waals surface area contributed by atoms with Crippen molar-refractivity contribution in [3.63, 3.8) is 0 Å². The number of carboxylic acids is 1. The van der Waals surface area contributed by atoms with Crippen LogP contribution in [0.3, 0.4) is 0 Å². The molecule has 132 valence electrons. The summed E-state index contributed by atoms with van der Waals surface area (Å²) in [6.45, 7) is 0. The van der Waals surface area contributed by atoms with Gasteiger partial charge in [0.1, 0.15) is 0 Å². The second kappa shape index (κ2) is 6.12. The number of hydrogen-bond acceptors (Lipinski definition) is 3. The fourth-order valence-corrected chi connectivity index (χ4v) is 6.95. The maximum absolute atomic E-state index is 12.9. The van der Waals surface area contributed by atoms with Gasteiger partial charge in [-0.15, -0.1) is 0 Å². The summed E-state index contributed by atoms with van der Waals surface area (Å²) < 4.78 is 1.76. The summed E-state index contributed by atoms with van der Waals surface area (Å²) in [6, 6.07) is 6.65. The van der Waals surface area contributed by atoms with Crippen LogP contribution in [0.15, 0.2) is 30.5 Å². The Hall–Kier alpha value is -1.90. The fourth-order valence-electron chi connectivity index (χ4n) is 3.90. The Labute approximate surface area is 155 Å². The molecule has 7 heteroatoms. The van der Waals surface area contributed by atoms with Gasteiger partial charge in [0.05, 0.1) is 0 Å². The molecular weight excluding hydrogens is 435 g/mol. The van der Waals surface area contributed by atoms with Crippen molar-refractivity contribution < 1.29 is 40.7 Å². The van der Waals surface area contributed by atoms with Crippen LogP contribution in [0, 0.1) is 0 Å². The summed E-state index contributed by atoms with van der Waals surface area (Å²) in [5.41, 5.74) is 2.14. The van der Waals surface area contributed by atoms with Crippen LogP contribution in [-0.2, 0) is 27.9 Å². The standard InChI is InChI=1S/C18H18IN2O4/c1-20-9-10(11-4-2-3-5-13(11)20)8-12-17(23)21-14(16(22)19-12)6-7-15(21)18(24)25/h2-5,9,12,14-15H,6-8H2,1H3,(H,24,25)/q-1/t12-,14-,15-/m1/s1. The second-order valence-electron chi connectivity index (χ2n) is 6.56. The average Bonchev–Trinajstić information content (AvgIpc) is 3.16. The molecule has 2 aromatic rings. The number of halogens is 1. The van der Waals surface area contributed by atoms with Crippen molar-refractivity contribution in [1.82, 2.24) is 9.47 Å². The minimum atomic E-state index is -1.01. The number of fused-ring (bicyclic) bond motifs is 2. The molecule has 1 amide bonds. The molecule has 0 saturated carbocycles. The van der Waals surface area contributed by atoms with Crippen LogP contribution in [0.25, 0.3) is 10.9 Å². The Balaban J connectivity index is 1.65. The number of rotatable bonds is 3. The summed E-state index contributed by atoms with van der Waals surface area (Å²) in [7, 11) is 1.96. The van der Waals surface area contributed by atoms with Gasteiger partial charge in [-0.05, 0) is 0 Å². The van der Waals surface area contributed by atoms with E-state index in [0.717, 1.165) is 16.5 Å². The second-order valence-corrected chi connectivity index (χ2v) is 9.75. The van der Waals surface area contributed by atoms with E-state index < -0.39 is 39.3 Å². The number of nitrogens with zero attached hydrogens (tertiary/aromatic N) is 2. The van der Waals surface area contributed by atoms with Crippen molar-refractivity contribution in [2.75, 3.05) is 0 Å². The van der Waals surface area contributed by atoms with Crippen LogP contribution in [0.4, 0.5) is 0 Å². The number of carbonyl (C=O) groups is 3. The first kappa shape index (κ1) is 16.6. The zero-order valence-electron chi connectivity index (χ0n) is 13.7. The van der Waals surface area contributed by atoms with E-state index in [-0.39, 0.29) is 13.6 Å². The number of hydrogen-bond donors (Lipinski definition) is 1. The van der Waals surface area contributed by atoms with Crippen LogP contribution in [-0.4, -0.2) is 46.2 Å².